The molecule has 0 saturated carbocycles. The van der Waals surface area contributed by atoms with E-state index in [-0.39, 0.29) is 18.3 Å². The molecule has 1 aliphatic rings. The second-order valence-electron chi connectivity index (χ2n) is 5.70. The van der Waals surface area contributed by atoms with Gasteiger partial charge in [0.05, 0.1) is 12.8 Å². The van der Waals surface area contributed by atoms with Crippen molar-refractivity contribution >= 4 is 5.82 Å². The van der Waals surface area contributed by atoms with Crippen molar-refractivity contribution in [1.82, 2.24) is 9.88 Å². The lowest BCUT2D eigenvalue weighted by Crippen LogP contribution is -2.33. The summed E-state index contributed by atoms with van der Waals surface area (Å²) >= 11 is 0. The Morgan fingerprint density at radius 2 is 2.19 bits per heavy atom. The SMILES string of the molecule is COCCN(C)C[C@@H]1CN(c2ccc(F)cn2)C[C@@H]1CO. The van der Waals surface area contributed by atoms with Crippen LogP contribution in [0.4, 0.5) is 10.2 Å². The number of nitrogens with zero attached hydrogens (tertiary/aromatic N) is 3. The minimum Gasteiger partial charge on any atom is -0.396 e. The zero-order valence-corrected chi connectivity index (χ0v) is 12.7. The molecule has 1 aromatic rings. The maximum atomic E-state index is 12.9. The van der Waals surface area contributed by atoms with Crippen molar-refractivity contribution in [3.63, 3.8) is 0 Å². The number of methoxy groups -OCH3 is 1. The van der Waals surface area contributed by atoms with Crippen LogP contribution in [0.1, 0.15) is 0 Å². The lowest BCUT2D eigenvalue weighted by molar-refractivity contribution is 0.136. The molecule has 118 valence electrons. The number of hydrogen-bond acceptors (Lipinski definition) is 5. The molecule has 21 heavy (non-hydrogen) atoms. The molecular formula is C15H24FN3O2. The van der Waals surface area contributed by atoms with Crippen LogP contribution in [-0.4, -0.2) is 68.5 Å². The van der Waals surface area contributed by atoms with Crippen LogP contribution < -0.4 is 4.90 Å². The number of pyridine rings is 1. The Hall–Kier alpha value is -1.24. The van der Waals surface area contributed by atoms with E-state index in [1.807, 2.05) is 0 Å². The van der Waals surface area contributed by atoms with Crippen molar-refractivity contribution in [2.75, 3.05) is 58.5 Å². The monoisotopic (exact) mass is 297 g/mol. The Morgan fingerprint density at radius 1 is 1.43 bits per heavy atom. The summed E-state index contributed by atoms with van der Waals surface area (Å²) in [6, 6.07) is 3.12. The fourth-order valence-electron chi connectivity index (χ4n) is 2.83. The Labute approximate surface area is 125 Å². The van der Waals surface area contributed by atoms with Gasteiger partial charge in [0.25, 0.3) is 0 Å². The second-order valence-corrected chi connectivity index (χ2v) is 5.70. The Bertz CT molecular complexity index is 429. The van der Waals surface area contributed by atoms with Crippen molar-refractivity contribution in [2.45, 2.75) is 0 Å². The first-order valence-corrected chi connectivity index (χ1v) is 7.29. The molecule has 0 bridgehead atoms. The van der Waals surface area contributed by atoms with Gasteiger partial charge in [-0.2, -0.15) is 0 Å². The van der Waals surface area contributed by atoms with Crippen molar-refractivity contribution in [3.05, 3.63) is 24.1 Å². The molecule has 1 saturated heterocycles. The van der Waals surface area contributed by atoms with E-state index in [0.717, 1.165) is 32.0 Å². The predicted octanol–water partition coefficient (Wildman–Crippen LogP) is 0.844. The summed E-state index contributed by atoms with van der Waals surface area (Å²) in [6.07, 6.45) is 1.24. The Kier molecular flexibility index (Phi) is 5.90. The van der Waals surface area contributed by atoms with E-state index in [1.54, 1.807) is 13.2 Å². The number of ether oxygens (including phenoxy) is 1. The van der Waals surface area contributed by atoms with E-state index < -0.39 is 0 Å². The van der Waals surface area contributed by atoms with E-state index in [4.69, 9.17) is 4.74 Å². The van der Waals surface area contributed by atoms with Crippen LogP contribution in [0.2, 0.25) is 0 Å². The number of rotatable bonds is 7. The molecule has 1 N–H and O–H groups in total. The minimum atomic E-state index is -0.326. The van der Waals surface area contributed by atoms with Crippen LogP contribution in [0.25, 0.3) is 0 Å². The molecule has 0 spiro atoms. The van der Waals surface area contributed by atoms with Crippen LogP contribution >= 0.6 is 0 Å². The Morgan fingerprint density at radius 3 is 2.81 bits per heavy atom. The van der Waals surface area contributed by atoms with Crippen LogP contribution in [-0.2, 0) is 4.74 Å². The summed E-state index contributed by atoms with van der Waals surface area (Å²) in [4.78, 5) is 8.47. The summed E-state index contributed by atoms with van der Waals surface area (Å²) in [5.41, 5.74) is 0. The third-order valence-electron chi connectivity index (χ3n) is 4.07. The molecule has 0 aromatic carbocycles. The summed E-state index contributed by atoms with van der Waals surface area (Å²) in [5.74, 6) is 1.05. The average Bonchev–Trinajstić information content (AvgIpc) is 2.88. The molecule has 2 atom stereocenters. The van der Waals surface area contributed by atoms with Gasteiger partial charge in [-0.25, -0.2) is 9.37 Å². The third kappa shape index (κ3) is 4.36. The molecule has 1 aliphatic heterocycles. The number of anilines is 1. The van der Waals surface area contributed by atoms with Gasteiger partial charge < -0.3 is 19.6 Å². The van der Waals surface area contributed by atoms with Gasteiger partial charge in [-0.15, -0.1) is 0 Å². The van der Waals surface area contributed by atoms with Gasteiger partial charge in [-0.3, -0.25) is 0 Å². The highest BCUT2D eigenvalue weighted by Crippen LogP contribution is 2.27. The molecule has 5 nitrogen and oxygen atoms in total. The molecule has 1 fully saturated rings. The van der Waals surface area contributed by atoms with Crippen LogP contribution in [0.15, 0.2) is 18.3 Å². The molecule has 0 radical (unpaired) electrons. The molecule has 2 heterocycles. The molecule has 0 amide bonds. The first kappa shape index (κ1) is 16.1. The van der Waals surface area contributed by atoms with Gasteiger partial charge >= 0.3 is 0 Å². The number of aromatic nitrogens is 1. The maximum absolute atomic E-state index is 12.9. The molecule has 1 aromatic heterocycles. The lowest BCUT2D eigenvalue weighted by Gasteiger charge is -2.23. The standard InChI is InChI=1S/C15H24FN3O2/c1-18(5-6-21-2)8-12-9-19(10-13(12)11-20)15-4-3-14(16)7-17-15/h3-4,7,12-13,20H,5-6,8-11H2,1-2H3/t12-,13-/m1/s1. The zero-order chi connectivity index (χ0) is 15.2. The molecule has 6 heteroatoms. The molecule has 0 unspecified atom stereocenters. The van der Waals surface area contributed by atoms with Crippen LogP contribution in [0.5, 0.6) is 0 Å². The number of aliphatic hydroxyl groups excluding tert-OH is 1. The first-order chi connectivity index (χ1) is 10.1. The van der Waals surface area contributed by atoms with Gasteiger partial charge in [-0.1, -0.05) is 0 Å². The highest BCUT2D eigenvalue weighted by molar-refractivity contribution is 5.39. The first-order valence-electron chi connectivity index (χ1n) is 7.29. The van der Waals surface area contributed by atoms with Crippen LogP contribution in [0.3, 0.4) is 0 Å². The van der Waals surface area contributed by atoms with Crippen molar-refractivity contribution in [1.29, 1.82) is 0 Å². The van der Waals surface area contributed by atoms with Gasteiger partial charge in [0, 0.05) is 45.8 Å². The van der Waals surface area contributed by atoms with E-state index in [9.17, 15) is 9.50 Å². The highest BCUT2D eigenvalue weighted by Gasteiger charge is 2.33. The number of hydrogen-bond donors (Lipinski definition) is 1. The lowest BCUT2D eigenvalue weighted by atomic mass is 9.96. The van der Waals surface area contributed by atoms with E-state index in [1.165, 1.54) is 12.3 Å². The minimum absolute atomic E-state index is 0.167. The van der Waals surface area contributed by atoms with Gasteiger partial charge in [0.2, 0.25) is 0 Å². The van der Waals surface area contributed by atoms with Gasteiger partial charge in [0.15, 0.2) is 0 Å². The largest absolute Gasteiger partial charge is 0.396 e. The van der Waals surface area contributed by atoms with Crippen molar-refractivity contribution in [2.24, 2.45) is 11.8 Å². The quantitative estimate of drug-likeness (QED) is 0.808. The van der Waals surface area contributed by atoms with E-state index in [0.29, 0.717) is 12.5 Å². The van der Waals surface area contributed by atoms with Gasteiger partial charge in [-0.05, 0) is 25.1 Å². The fourth-order valence-corrected chi connectivity index (χ4v) is 2.83. The fraction of sp³-hybridized carbons (Fsp3) is 0.667. The number of aliphatic hydroxyl groups is 1. The van der Waals surface area contributed by atoms with Crippen LogP contribution in [0, 0.1) is 17.7 Å². The molecular weight excluding hydrogens is 273 g/mol. The average molecular weight is 297 g/mol. The molecule has 0 aliphatic carbocycles. The highest BCUT2D eigenvalue weighted by atomic mass is 19.1. The van der Waals surface area contributed by atoms with E-state index >= 15 is 0 Å². The summed E-state index contributed by atoms with van der Waals surface area (Å²) in [7, 11) is 3.76. The molecule has 2 rings (SSSR count). The third-order valence-corrected chi connectivity index (χ3v) is 4.07. The summed E-state index contributed by atoms with van der Waals surface area (Å²) in [6.45, 7) is 4.25. The predicted molar refractivity (Wildman–Crippen MR) is 79.8 cm³/mol. The zero-order valence-electron chi connectivity index (χ0n) is 12.7. The topological polar surface area (TPSA) is 48.8 Å². The van der Waals surface area contributed by atoms with E-state index in [2.05, 4.69) is 21.8 Å². The summed E-state index contributed by atoms with van der Waals surface area (Å²) < 4.78 is 18.0. The number of likely N-dealkylation sites (N-methyl/N-ethyl adjacent to an activating group) is 1. The summed E-state index contributed by atoms with van der Waals surface area (Å²) in [5, 5.41) is 9.58. The maximum Gasteiger partial charge on any atom is 0.141 e. The second kappa shape index (κ2) is 7.68. The Balaban J connectivity index is 1.95. The smallest absolute Gasteiger partial charge is 0.141 e. The van der Waals surface area contributed by atoms with Crippen molar-refractivity contribution in [3.8, 4) is 0 Å². The van der Waals surface area contributed by atoms with Crippen molar-refractivity contribution < 1.29 is 14.2 Å². The van der Waals surface area contributed by atoms with Gasteiger partial charge in [0.1, 0.15) is 11.6 Å². The normalized spacial score (nSPS) is 22.2. The number of halogens is 1.